The molecule has 4 nitrogen and oxygen atoms in total. The molecule has 0 radical (unpaired) electrons. The lowest BCUT2D eigenvalue weighted by Crippen LogP contribution is -2.12. The number of benzene rings is 2. The van der Waals surface area contributed by atoms with E-state index in [2.05, 4.69) is 31.2 Å². The van der Waals surface area contributed by atoms with Crippen LogP contribution >= 0.6 is 15.9 Å². The van der Waals surface area contributed by atoms with Crippen molar-refractivity contribution in [2.45, 2.75) is 0 Å². The minimum Gasteiger partial charge on any atom is -0.319 e. The number of amides is 1. The Hall–Kier alpha value is -2.53. The molecule has 0 aliphatic rings. The van der Waals surface area contributed by atoms with Gasteiger partial charge in [-0.15, -0.1) is 0 Å². The Labute approximate surface area is 136 Å². The molecule has 5 heteroatoms. The molecule has 0 aliphatic heterocycles. The van der Waals surface area contributed by atoms with Crippen LogP contribution in [0.25, 0.3) is 11.4 Å². The molecule has 0 atom stereocenters. The molecule has 0 unspecified atom stereocenters. The summed E-state index contributed by atoms with van der Waals surface area (Å²) in [5.74, 6) is 0.429. The fraction of sp³-hybridized carbons (Fsp3) is 0. The van der Waals surface area contributed by atoms with Crippen molar-refractivity contribution in [1.82, 2.24) is 9.97 Å². The number of hydrogen-bond donors (Lipinski definition) is 1. The monoisotopic (exact) mass is 353 g/mol. The van der Waals surface area contributed by atoms with E-state index in [9.17, 15) is 4.79 Å². The molecule has 0 saturated carbocycles. The second-order valence-electron chi connectivity index (χ2n) is 4.63. The predicted molar refractivity (Wildman–Crippen MR) is 89.6 cm³/mol. The molecule has 0 spiro atoms. The first-order valence-corrected chi connectivity index (χ1v) is 7.46. The van der Waals surface area contributed by atoms with Gasteiger partial charge >= 0.3 is 0 Å². The average Bonchev–Trinajstić information content (AvgIpc) is 2.56. The van der Waals surface area contributed by atoms with Gasteiger partial charge in [-0.2, -0.15) is 0 Å². The second kappa shape index (κ2) is 6.49. The summed E-state index contributed by atoms with van der Waals surface area (Å²) in [6, 6.07) is 16.9. The molecule has 0 aliphatic carbocycles. The van der Waals surface area contributed by atoms with Gasteiger partial charge in [0.05, 0.1) is 18.1 Å². The highest BCUT2D eigenvalue weighted by atomic mass is 79.9. The Bertz CT molecular complexity index is 789. The molecule has 0 fully saturated rings. The average molecular weight is 354 g/mol. The van der Waals surface area contributed by atoms with Gasteiger partial charge in [-0.1, -0.05) is 52.3 Å². The van der Waals surface area contributed by atoms with Crippen LogP contribution in [-0.2, 0) is 0 Å². The summed E-state index contributed by atoms with van der Waals surface area (Å²) in [6.07, 6.45) is 3.20. The van der Waals surface area contributed by atoms with Crippen molar-refractivity contribution in [3.63, 3.8) is 0 Å². The lowest BCUT2D eigenvalue weighted by atomic mass is 10.2. The Kier molecular flexibility index (Phi) is 4.25. The highest BCUT2D eigenvalue weighted by molar-refractivity contribution is 9.10. The molecule has 1 N–H and O–H groups in total. The van der Waals surface area contributed by atoms with Gasteiger partial charge < -0.3 is 5.32 Å². The largest absolute Gasteiger partial charge is 0.319 e. The van der Waals surface area contributed by atoms with Gasteiger partial charge in [0.2, 0.25) is 0 Å². The molecule has 3 rings (SSSR count). The van der Waals surface area contributed by atoms with E-state index in [1.54, 1.807) is 24.5 Å². The first-order chi connectivity index (χ1) is 10.7. The Morgan fingerprint density at radius 1 is 0.955 bits per heavy atom. The normalized spacial score (nSPS) is 10.2. The van der Waals surface area contributed by atoms with Crippen molar-refractivity contribution in [2.24, 2.45) is 0 Å². The van der Waals surface area contributed by atoms with Crippen molar-refractivity contribution < 1.29 is 4.79 Å². The van der Waals surface area contributed by atoms with Gasteiger partial charge in [-0.25, -0.2) is 9.97 Å². The fourth-order valence-corrected chi connectivity index (χ4v) is 2.36. The molecule has 2 aromatic carbocycles. The molecule has 108 valence electrons. The molecular formula is C17H12BrN3O. The second-order valence-corrected chi connectivity index (χ2v) is 5.54. The van der Waals surface area contributed by atoms with Crippen LogP contribution < -0.4 is 5.32 Å². The molecule has 1 aromatic heterocycles. The molecule has 3 aromatic rings. The zero-order chi connectivity index (χ0) is 15.4. The number of anilines is 1. The minimum absolute atomic E-state index is 0.197. The van der Waals surface area contributed by atoms with E-state index in [1.165, 1.54) is 0 Å². The van der Waals surface area contributed by atoms with E-state index in [1.807, 2.05) is 42.5 Å². The molecule has 22 heavy (non-hydrogen) atoms. The van der Waals surface area contributed by atoms with E-state index in [-0.39, 0.29) is 5.91 Å². The van der Waals surface area contributed by atoms with E-state index in [0.29, 0.717) is 17.1 Å². The number of carbonyl (C=O) groups excluding carboxylic acids is 1. The van der Waals surface area contributed by atoms with Gasteiger partial charge in [0.1, 0.15) is 0 Å². The summed E-state index contributed by atoms with van der Waals surface area (Å²) in [5, 5.41) is 2.78. The molecule has 1 heterocycles. The topological polar surface area (TPSA) is 54.9 Å². The van der Waals surface area contributed by atoms with E-state index < -0.39 is 0 Å². The van der Waals surface area contributed by atoms with Crippen LogP contribution in [0.2, 0.25) is 0 Å². The van der Waals surface area contributed by atoms with Gasteiger partial charge in [-0.05, 0) is 18.2 Å². The standard InChI is InChI=1S/C17H12BrN3O/c18-14-8-4-7-13(9-14)17(22)21-15-10-19-16(20-11-15)12-5-2-1-3-6-12/h1-11H,(H,21,22). The molecule has 0 bridgehead atoms. The number of halogens is 1. The summed E-state index contributed by atoms with van der Waals surface area (Å²) in [4.78, 5) is 20.7. The van der Waals surface area contributed by atoms with Crippen molar-refractivity contribution in [3.05, 3.63) is 77.0 Å². The fourth-order valence-electron chi connectivity index (χ4n) is 1.96. The lowest BCUT2D eigenvalue weighted by Gasteiger charge is -2.06. The van der Waals surface area contributed by atoms with Crippen LogP contribution in [-0.4, -0.2) is 15.9 Å². The molecule has 0 saturated heterocycles. The highest BCUT2D eigenvalue weighted by Crippen LogP contribution is 2.16. The zero-order valence-corrected chi connectivity index (χ0v) is 13.1. The van der Waals surface area contributed by atoms with Crippen LogP contribution in [0.4, 0.5) is 5.69 Å². The Balaban J connectivity index is 1.75. The smallest absolute Gasteiger partial charge is 0.255 e. The van der Waals surface area contributed by atoms with Gasteiger partial charge in [0, 0.05) is 15.6 Å². The van der Waals surface area contributed by atoms with E-state index in [0.717, 1.165) is 10.0 Å². The van der Waals surface area contributed by atoms with Crippen LogP contribution in [0, 0.1) is 0 Å². The summed E-state index contributed by atoms with van der Waals surface area (Å²) >= 11 is 3.35. The maximum atomic E-state index is 12.1. The van der Waals surface area contributed by atoms with Gasteiger partial charge in [0.25, 0.3) is 5.91 Å². The van der Waals surface area contributed by atoms with E-state index >= 15 is 0 Å². The maximum Gasteiger partial charge on any atom is 0.255 e. The summed E-state index contributed by atoms with van der Waals surface area (Å²) in [5.41, 5.74) is 2.07. The number of rotatable bonds is 3. The summed E-state index contributed by atoms with van der Waals surface area (Å²) in [7, 11) is 0. The summed E-state index contributed by atoms with van der Waals surface area (Å²) in [6.45, 7) is 0. The zero-order valence-electron chi connectivity index (χ0n) is 11.5. The van der Waals surface area contributed by atoms with Crippen molar-refractivity contribution in [3.8, 4) is 11.4 Å². The van der Waals surface area contributed by atoms with E-state index in [4.69, 9.17) is 0 Å². The highest BCUT2D eigenvalue weighted by Gasteiger charge is 2.07. The third-order valence-electron chi connectivity index (χ3n) is 3.03. The van der Waals surface area contributed by atoms with Crippen LogP contribution in [0.1, 0.15) is 10.4 Å². The van der Waals surface area contributed by atoms with Crippen LogP contribution in [0.15, 0.2) is 71.5 Å². The van der Waals surface area contributed by atoms with Crippen molar-refractivity contribution >= 4 is 27.5 Å². The summed E-state index contributed by atoms with van der Waals surface area (Å²) < 4.78 is 0.857. The number of hydrogen-bond acceptors (Lipinski definition) is 3. The SMILES string of the molecule is O=C(Nc1cnc(-c2ccccc2)nc1)c1cccc(Br)c1. The first-order valence-electron chi connectivity index (χ1n) is 6.67. The van der Waals surface area contributed by atoms with Crippen molar-refractivity contribution in [1.29, 1.82) is 0 Å². The van der Waals surface area contributed by atoms with Crippen molar-refractivity contribution in [2.75, 3.05) is 5.32 Å². The minimum atomic E-state index is -0.197. The van der Waals surface area contributed by atoms with Crippen LogP contribution in [0.5, 0.6) is 0 Å². The van der Waals surface area contributed by atoms with Gasteiger partial charge in [-0.3, -0.25) is 4.79 Å². The number of carbonyl (C=O) groups is 1. The first kappa shape index (κ1) is 14.4. The lowest BCUT2D eigenvalue weighted by molar-refractivity contribution is 0.102. The quantitative estimate of drug-likeness (QED) is 0.769. The predicted octanol–water partition coefficient (Wildman–Crippen LogP) is 4.16. The van der Waals surface area contributed by atoms with Gasteiger partial charge in [0.15, 0.2) is 5.82 Å². The number of aromatic nitrogens is 2. The molecule has 1 amide bonds. The molecular weight excluding hydrogens is 342 g/mol. The number of nitrogens with zero attached hydrogens (tertiary/aromatic N) is 2. The Morgan fingerprint density at radius 3 is 2.36 bits per heavy atom. The third kappa shape index (κ3) is 3.38. The maximum absolute atomic E-state index is 12.1. The Morgan fingerprint density at radius 2 is 1.68 bits per heavy atom. The third-order valence-corrected chi connectivity index (χ3v) is 3.52. The van der Waals surface area contributed by atoms with Crippen LogP contribution in [0.3, 0.4) is 0 Å². The number of nitrogens with one attached hydrogen (secondary N) is 1.